The summed E-state index contributed by atoms with van der Waals surface area (Å²) in [5, 5.41) is 2.79. The number of allylic oxidation sites excluding steroid dienone is 4. The van der Waals surface area contributed by atoms with Gasteiger partial charge < -0.3 is 0 Å². The van der Waals surface area contributed by atoms with Crippen molar-refractivity contribution in [1.82, 2.24) is 3.80 Å². The molecule has 2 aromatic carbocycles. The number of fused-ring (bicyclic) bond motifs is 1. The van der Waals surface area contributed by atoms with Gasteiger partial charge >= 0.3 is 162 Å². The van der Waals surface area contributed by atoms with Crippen molar-refractivity contribution in [2.45, 2.75) is 51.8 Å². The van der Waals surface area contributed by atoms with Crippen LogP contribution < -0.4 is 3.80 Å². The van der Waals surface area contributed by atoms with Crippen molar-refractivity contribution in [2.24, 2.45) is 5.92 Å². The van der Waals surface area contributed by atoms with Crippen LogP contribution >= 0.6 is 24.8 Å². The summed E-state index contributed by atoms with van der Waals surface area (Å²) >= 11 is -0.228. The van der Waals surface area contributed by atoms with E-state index in [0.29, 0.717) is 5.92 Å². The Morgan fingerprint density at radius 1 is 1.00 bits per heavy atom. The Bertz CT molecular complexity index is 862. The summed E-state index contributed by atoms with van der Waals surface area (Å²) in [6.07, 6.45) is 2.41. The van der Waals surface area contributed by atoms with Crippen LogP contribution in [0.3, 0.4) is 0 Å². The Kier molecular flexibility index (Phi) is 8.85. The van der Waals surface area contributed by atoms with E-state index in [4.69, 9.17) is 0 Å². The van der Waals surface area contributed by atoms with Crippen molar-refractivity contribution in [3.05, 3.63) is 64.7 Å². The van der Waals surface area contributed by atoms with Gasteiger partial charge in [0.25, 0.3) is 0 Å². The molecule has 1 aliphatic rings. The first-order chi connectivity index (χ1) is 11.8. The zero-order valence-electron chi connectivity index (χ0n) is 17.1. The van der Waals surface area contributed by atoms with Crippen LogP contribution in [0, 0.1) is 5.92 Å². The summed E-state index contributed by atoms with van der Waals surface area (Å²) in [5.74, 6) is 0.510. The SMILES string of the molecule is CC1=CC(C)C(c2ccc3ccccc3c2[CH2][Ti][NH]C(C)(C)C)=C1C.Cl.Cl. The molecule has 0 saturated heterocycles. The molecule has 0 aliphatic heterocycles. The molecule has 1 N–H and O–H groups in total. The topological polar surface area (TPSA) is 12.0 Å². The molecule has 0 saturated carbocycles. The third kappa shape index (κ3) is 5.49. The molecule has 0 aromatic heterocycles. The van der Waals surface area contributed by atoms with Gasteiger partial charge in [-0.05, 0) is 0 Å². The number of rotatable bonds is 4. The molecule has 146 valence electrons. The first kappa shape index (κ1) is 24.5. The van der Waals surface area contributed by atoms with Crippen LogP contribution in [0.4, 0.5) is 0 Å². The van der Waals surface area contributed by atoms with Crippen LogP contribution in [-0.4, -0.2) is 5.54 Å². The van der Waals surface area contributed by atoms with E-state index in [-0.39, 0.29) is 49.8 Å². The minimum absolute atomic E-state index is 0. The van der Waals surface area contributed by atoms with Crippen molar-refractivity contribution in [3.8, 4) is 0 Å². The van der Waals surface area contributed by atoms with E-state index in [1.807, 2.05) is 0 Å². The zero-order valence-corrected chi connectivity index (χ0v) is 20.3. The predicted molar refractivity (Wildman–Crippen MR) is 121 cm³/mol. The first-order valence-corrected chi connectivity index (χ1v) is 11.1. The van der Waals surface area contributed by atoms with Crippen LogP contribution in [0.25, 0.3) is 16.3 Å². The molecule has 0 radical (unpaired) electrons. The molecule has 2 aromatic rings. The van der Waals surface area contributed by atoms with Crippen molar-refractivity contribution in [3.63, 3.8) is 0 Å². The monoisotopic (exact) mass is 439 g/mol. The molecule has 1 atom stereocenters. The smallest absolute Gasteiger partial charge is 0.147 e. The minimum Gasteiger partial charge on any atom is -0.147 e. The Labute approximate surface area is 186 Å². The molecule has 0 fully saturated rings. The van der Waals surface area contributed by atoms with E-state index < -0.39 is 0 Å². The fraction of sp³-hybridized carbons (Fsp3) is 0.391. The maximum absolute atomic E-state index is 3.78. The fourth-order valence-corrected chi connectivity index (χ4v) is 5.60. The Morgan fingerprint density at radius 3 is 2.26 bits per heavy atom. The van der Waals surface area contributed by atoms with Gasteiger partial charge in [-0.25, -0.2) is 0 Å². The quantitative estimate of drug-likeness (QED) is 0.508. The molecule has 1 aliphatic carbocycles. The summed E-state index contributed by atoms with van der Waals surface area (Å²) in [5.41, 5.74) is 7.65. The van der Waals surface area contributed by atoms with Gasteiger partial charge in [0.1, 0.15) is 0 Å². The number of hydrogen-bond donors (Lipinski definition) is 1. The zero-order chi connectivity index (χ0) is 18.2. The van der Waals surface area contributed by atoms with Crippen LogP contribution in [0.15, 0.2) is 53.6 Å². The van der Waals surface area contributed by atoms with Crippen LogP contribution in [-0.2, 0) is 24.1 Å². The molecule has 0 amide bonds. The second kappa shape index (κ2) is 9.76. The molecular formula is C23H31Cl2NTi. The summed E-state index contributed by atoms with van der Waals surface area (Å²) in [4.78, 5) is 0. The van der Waals surface area contributed by atoms with E-state index in [1.165, 1.54) is 37.8 Å². The van der Waals surface area contributed by atoms with Crippen LogP contribution in [0.2, 0.25) is 0 Å². The Balaban J connectivity index is 0.00000182. The molecule has 27 heavy (non-hydrogen) atoms. The Hall–Kier alpha value is -0.566. The van der Waals surface area contributed by atoms with Gasteiger partial charge in [-0.15, -0.1) is 24.8 Å². The van der Waals surface area contributed by atoms with Crippen molar-refractivity contribution < 1.29 is 19.4 Å². The summed E-state index contributed by atoms with van der Waals surface area (Å²) in [6.45, 7) is 13.7. The molecule has 3 rings (SSSR count). The summed E-state index contributed by atoms with van der Waals surface area (Å²) in [6, 6.07) is 13.5. The van der Waals surface area contributed by atoms with E-state index in [0.717, 1.165) is 0 Å². The third-order valence-electron chi connectivity index (χ3n) is 5.01. The maximum Gasteiger partial charge on any atom is -0.147 e. The molecule has 0 bridgehead atoms. The molecule has 4 heteroatoms. The minimum atomic E-state index is -0.228. The Morgan fingerprint density at radius 2 is 1.67 bits per heavy atom. The van der Waals surface area contributed by atoms with Crippen LogP contribution in [0.1, 0.15) is 52.7 Å². The van der Waals surface area contributed by atoms with Crippen LogP contribution in [0.5, 0.6) is 0 Å². The molecule has 0 heterocycles. The standard InChI is InChI=1S/C19H19.C4H10N.2ClH.Ti/c1-12-11-13(2)19(14(12)3)18-10-9-16-7-5-6-8-17(16)15(18)4;1-4(2,3)5;;;/h5-11,13H,4H2,1-3H3;5H,1-3H3;2*1H;/q;-1;;;+1. The average Bonchev–Trinajstić information content (AvgIpc) is 2.79. The van der Waals surface area contributed by atoms with E-state index in [2.05, 4.69) is 87.8 Å². The predicted octanol–water partition coefficient (Wildman–Crippen LogP) is 6.94. The van der Waals surface area contributed by atoms with Crippen molar-refractivity contribution in [2.75, 3.05) is 0 Å². The molecule has 0 spiro atoms. The van der Waals surface area contributed by atoms with Gasteiger partial charge in [0.15, 0.2) is 0 Å². The normalized spacial score (nSPS) is 16.7. The summed E-state index contributed by atoms with van der Waals surface area (Å²) < 4.78 is 4.96. The van der Waals surface area contributed by atoms with Gasteiger partial charge in [-0.1, -0.05) is 0 Å². The van der Waals surface area contributed by atoms with Gasteiger partial charge in [0, 0.05) is 0 Å². The first-order valence-electron chi connectivity index (χ1n) is 9.18. The van der Waals surface area contributed by atoms with Gasteiger partial charge in [-0.2, -0.15) is 0 Å². The van der Waals surface area contributed by atoms with Crippen molar-refractivity contribution in [1.29, 1.82) is 0 Å². The van der Waals surface area contributed by atoms with Gasteiger partial charge in [0.2, 0.25) is 0 Å². The molecular weight excluding hydrogens is 409 g/mol. The van der Waals surface area contributed by atoms with E-state index in [1.54, 1.807) is 5.56 Å². The van der Waals surface area contributed by atoms with Crippen molar-refractivity contribution >= 4 is 41.2 Å². The molecule has 1 nitrogen and oxygen atoms in total. The second-order valence-electron chi connectivity index (χ2n) is 8.22. The summed E-state index contributed by atoms with van der Waals surface area (Å²) in [7, 11) is 0. The molecule has 1 unspecified atom stereocenters. The largest absolute Gasteiger partial charge is 0.147 e. The van der Waals surface area contributed by atoms with E-state index >= 15 is 0 Å². The average molecular weight is 440 g/mol. The van der Waals surface area contributed by atoms with Gasteiger partial charge in [0.05, 0.1) is 0 Å². The third-order valence-corrected chi connectivity index (χ3v) is 7.29. The van der Waals surface area contributed by atoms with Gasteiger partial charge in [-0.3, -0.25) is 0 Å². The fourth-order valence-electron chi connectivity index (χ4n) is 3.76. The number of benzene rings is 2. The van der Waals surface area contributed by atoms with E-state index in [9.17, 15) is 0 Å². The second-order valence-corrected chi connectivity index (χ2v) is 9.71. The maximum atomic E-state index is 3.78. The number of hydrogen-bond acceptors (Lipinski definition) is 1. The number of nitrogens with one attached hydrogen (secondary N) is 1. The number of halogens is 2.